The Morgan fingerprint density at radius 3 is 2.71 bits per heavy atom. The SMILES string of the molecule is CCOC(=O)[C@H](CCc1ccccc1)N[C@H]1Cc2ccc(N)cc2[C@H]2COC[C@@H](C(=O)O)N2C1=O. The molecular formula is C26H31N3O6. The summed E-state index contributed by atoms with van der Waals surface area (Å²) in [6.07, 6.45) is 1.33. The number of hydrogen-bond donors (Lipinski definition) is 3. The van der Waals surface area contributed by atoms with Crippen molar-refractivity contribution in [1.82, 2.24) is 10.2 Å². The molecule has 1 fully saturated rings. The summed E-state index contributed by atoms with van der Waals surface area (Å²) in [7, 11) is 0. The van der Waals surface area contributed by atoms with Crippen LogP contribution in [-0.2, 0) is 36.7 Å². The highest BCUT2D eigenvalue weighted by molar-refractivity contribution is 5.89. The average Bonchev–Trinajstić information content (AvgIpc) is 2.97. The number of fused-ring (bicyclic) bond motifs is 3. The fourth-order valence-electron chi connectivity index (χ4n) is 4.84. The number of benzene rings is 2. The number of aryl methyl sites for hydroxylation is 1. The third kappa shape index (κ3) is 5.47. The van der Waals surface area contributed by atoms with Gasteiger partial charge in [0.1, 0.15) is 6.04 Å². The van der Waals surface area contributed by atoms with Gasteiger partial charge in [-0.25, -0.2) is 4.79 Å². The number of carboxylic acids is 1. The third-order valence-electron chi connectivity index (χ3n) is 6.55. The van der Waals surface area contributed by atoms with E-state index in [4.69, 9.17) is 15.2 Å². The van der Waals surface area contributed by atoms with E-state index in [-0.39, 0.29) is 32.1 Å². The predicted octanol–water partition coefficient (Wildman–Crippen LogP) is 1.70. The van der Waals surface area contributed by atoms with E-state index in [2.05, 4.69) is 5.32 Å². The van der Waals surface area contributed by atoms with Crippen molar-refractivity contribution >= 4 is 23.5 Å². The number of esters is 1. The van der Waals surface area contributed by atoms with Gasteiger partial charge in [0.15, 0.2) is 6.04 Å². The Hall–Kier alpha value is -3.43. The molecule has 0 aliphatic carbocycles. The van der Waals surface area contributed by atoms with Crippen LogP contribution in [0.4, 0.5) is 5.69 Å². The molecule has 2 aliphatic heterocycles. The second kappa shape index (κ2) is 10.9. The van der Waals surface area contributed by atoms with Crippen LogP contribution in [0.1, 0.15) is 36.1 Å². The average molecular weight is 482 g/mol. The van der Waals surface area contributed by atoms with Gasteiger partial charge in [0, 0.05) is 5.69 Å². The number of aliphatic carboxylic acids is 1. The van der Waals surface area contributed by atoms with Gasteiger partial charge in [0.25, 0.3) is 0 Å². The van der Waals surface area contributed by atoms with Crippen molar-refractivity contribution in [3.05, 3.63) is 65.2 Å². The number of amides is 1. The number of carbonyl (C=O) groups is 3. The van der Waals surface area contributed by atoms with E-state index in [0.29, 0.717) is 18.5 Å². The standard InChI is InChI=1S/C26H31N3O6/c1-2-35-26(33)20(11-8-16-6-4-3-5-7-16)28-21-12-17-9-10-18(27)13-19(17)22-14-34-15-23(25(31)32)29(22)24(21)30/h3-7,9-10,13,20-23,28H,2,8,11-12,14-15,27H2,1H3,(H,31,32)/t20-,21-,22+,23-/m0/s1. The molecule has 0 unspecified atom stereocenters. The van der Waals surface area contributed by atoms with Crippen LogP contribution in [0.25, 0.3) is 0 Å². The van der Waals surface area contributed by atoms with Crippen LogP contribution < -0.4 is 11.1 Å². The molecule has 2 aliphatic rings. The zero-order valence-corrected chi connectivity index (χ0v) is 19.7. The number of hydrogen-bond acceptors (Lipinski definition) is 7. The van der Waals surface area contributed by atoms with Gasteiger partial charge in [0.2, 0.25) is 5.91 Å². The lowest BCUT2D eigenvalue weighted by atomic mass is 9.95. The van der Waals surface area contributed by atoms with Gasteiger partial charge >= 0.3 is 11.9 Å². The molecular weight excluding hydrogens is 450 g/mol. The molecule has 4 atom stereocenters. The first-order valence-corrected chi connectivity index (χ1v) is 11.9. The molecule has 4 N–H and O–H groups in total. The summed E-state index contributed by atoms with van der Waals surface area (Å²) in [5.41, 5.74) is 9.24. The highest BCUT2D eigenvalue weighted by Crippen LogP contribution is 2.35. The lowest BCUT2D eigenvalue weighted by Crippen LogP contribution is -2.59. The Morgan fingerprint density at radius 1 is 1.23 bits per heavy atom. The molecule has 2 heterocycles. The number of nitrogens with two attached hydrogens (primary N) is 1. The van der Waals surface area contributed by atoms with Crippen molar-refractivity contribution < 1.29 is 29.0 Å². The molecule has 2 aromatic carbocycles. The second-order valence-electron chi connectivity index (χ2n) is 8.86. The van der Waals surface area contributed by atoms with E-state index in [0.717, 1.165) is 16.7 Å². The quantitative estimate of drug-likeness (QED) is 0.384. The number of nitrogen functional groups attached to an aromatic ring is 1. The van der Waals surface area contributed by atoms with E-state index in [1.54, 1.807) is 19.1 Å². The number of nitrogens with one attached hydrogen (secondary N) is 1. The van der Waals surface area contributed by atoms with E-state index >= 15 is 0 Å². The summed E-state index contributed by atoms with van der Waals surface area (Å²) in [5, 5.41) is 13.1. The monoisotopic (exact) mass is 481 g/mol. The van der Waals surface area contributed by atoms with Gasteiger partial charge < -0.3 is 25.2 Å². The lowest BCUT2D eigenvalue weighted by molar-refractivity contribution is -0.165. The summed E-state index contributed by atoms with van der Waals surface area (Å²) in [4.78, 5) is 40.1. The van der Waals surface area contributed by atoms with Gasteiger partial charge in [-0.1, -0.05) is 36.4 Å². The maximum atomic E-state index is 13.8. The highest BCUT2D eigenvalue weighted by atomic mass is 16.5. The van der Waals surface area contributed by atoms with Gasteiger partial charge in [0.05, 0.1) is 31.9 Å². The number of carboxylic acid groups (broad SMARTS) is 1. The number of nitrogens with zero attached hydrogens (tertiary/aromatic N) is 1. The number of carbonyl (C=O) groups excluding carboxylic acids is 2. The molecule has 0 radical (unpaired) electrons. The molecule has 0 aromatic heterocycles. The first-order valence-electron chi connectivity index (χ1n) is 11.9. The Bertz CT molecular complexity index is 1080. The van der Waals surface area contributed by atoms with Crippen molar-refractivity contribution in [3.63, 3.8) is 0 Å². The third-order valence-corrected chi connectivity index (χ3v) is 6.55. The minimum Gasteiger partial charge on any atom is -0.480 e. The number of morpholine rings is 1. The van der Waals surface area contributed by atoms with E-state index < -0.39 is 36.1 Å². The van der Waals surface area contributed by atoms with Crippen LogP contribution in [0.15, 0.2) is 48.5 Å². The molecule has 186 valence electrons. The van der Waals surface area contributed by atoms with Crippen molar-refractivity contribution in [2.24, 2.45) is 0 Å². The summed E-state index contributed by atoms with van der Waals surface area (Å²) < 4.78 is 10.9. The Kier molecular flexibility index (Phi) is 7.67. The smallest absolute Gasteiger partial charge is 0.328 e. The van der Waals surface area contributed by atoms with Gasteiger partial charge in [-0.2, -0.15) is 0 Å². The predicted molar refractivity (Wildman–Crippen MR) is 128 cm³/mol. The minimum absolute atomic E-state index is 0.0999. The van der Waals surface area contributed by atoms with E-state index in [1.807, 2.05) is 36.4 Å². The lowest BCUT2D eigenvalue weighted by Gasteiger charge is -2.40. The zero-order valence-electron chi connectivity index (χ0n) is 19.7. The minimum atomic E-state index is -1.14. The highest BCUT2D eigenvalue weighted by Gasteiger charge is 2.45. The molecule has 4 rings (SSSR count). The Balaban J connectivity index is 1.65. The van der Waals surface area contributed by atoms with Gasteiger partial charge in [-0.15, -0.1) is 0 Å². The summed E-state index contributed by atoms with van der Waals surface area (Å²) in [6, 6.07) is 11.9. The van der Waals surface area contributed by atoms with Crippen LogP contribution in [0.3, 0.4) is 0 Å². The van der Waals surface area contributed by atoms with Gasteiger partial charge in [-0.3, -0.25) is 14.9 Å². The molecule has 0 saturated carbocycles. The van der Waals surface area contributed by atoms with Crippen LogP contribution >= 0.6 is 0 Å². The van der Waals surface area contributed by atoms with Crippen molar-refractivity contribution in [2.45, 2.75) is 50.4 Å². The molecule has 0 spiro atoms. The van der Waals surface area contributed by atoms with Crippen LogP contribution in [0.2, 0.25) is 0 Å². The van der Waals surface area contributed by atoms with Crippen molar-refractivity contribution in [2.75, 3.05) is 25.6 Å². The van der Waals surface area contributed by atoms with Crippen LogP contribution in [0.5, 0.6) is 0 Å². The summed E-state index contributed by atoms with van der Waals surface area (Å²) in [6.45, 7) is 2.03. The van der Waals surface area contributed by atoms with Gasteiger partial charge in [-0.05, 0) is 55.0 Å². The Labute approximate surface area is 204 Å². The molecule has 9 heteroatoms. The Morgan fingerprint density at radius 2 is 2.00 bits per heavy atom. The molecule has 1 saturated heterocycles. The topological polar surface area (TPSA) is 131 Å². The maximum absolute atomic E-state index is 13.8. The maximum Gasteiger partial charge on any atom is 0.328 e. The van der Waals surface area contributed by atoms with E-state index in [1.165, 1.54) is 4.90 Å². The summed E-state index contributed by atoms with van der Waals surface area (Å²) >= 11 is 0. The van der Waals surface area contributed by atoms with Crippen molar-refractivity contribution in [3.8, 4) is 0 Å². The fraction of sp³-hybridized carbons (Fsp3) is 0.423. The molecule has 1 amide bonds. The number of anilines is 1. The summed E-state index contributed by atoms with van der Waals surface area (Å²) in [5.74, 6) is -1.96. The van der Waals surface area contributed by atoms with Crippen LogP contribution in [-0.4, -0.2) is 65.8 Å². The van der Waals surface area contributed by atoms with Crippen molar-refractivity contribution in [1.29, 1.82) is 0 Å². The first-order chi connectivity index (χ1) is 16.9. The number of rotatable bonds is 8. The molecule has 35 heavy (non-hydrogen) atoms. The number of ether oxygens (including phenoxy) is 2. The zero-order chi connectivity index (χ0) is 24.9. The second-order valence-corrected chi connectivity index (χ2v) is 8.86. The fourth-order valence-corrected chi connectivity index (χ4v) is 4.84. The first kappa shape index (κ1) is 24.7. The largest absolute Gasteiger partial charge is 0.480 e. The molecule has 0 bridgehead atoms. The normalized spacial score (nSPS) is 22.5. The van der Waals surface area contributed by atoms with Crippen LogP contribution in [0, 0.1) is 0 Å². The molecule has 9 nitrogen and oxygen atoms in total. The molecule has 2 aromatic rings. The van der Waals surface area contributed by atoms with E-state index in [9.17, 15) is 19.5 Å².